The molecule has 4 aromatic rings. The zero-order chi connectivity index (χ0) is 27.6. The minimum absolute atomic E-state index is 0.00838. The van der Waals surface area contributed by atoms with Gasteiger partial charge in [0.15, 0.2) is 0 Å². The van der Waals surface area contributed by atoms with E-state index in [2.05, 4.69) is 4.74 Å². The molecule has 194 valence electrons. The second-order valence-corrected chi connectivity index (χ2v) is 10.2. The highest BCUT2D eigenvalue weighted by Gasteiger charge is 2.28. The highest BCUT2D eigenvalue weighted by atomic mass is 32.2. The maximum atomic E-state index is 13.5. The van der Waals surface area contributed by atoms with Crippen molar-refractivity contribution in [1.29, 1.82) is 5.26 Å². The molecule has 0 aliphatic rings. The van der Waals surface area contributed by atoms with Gasteiger partial charge in [0.1, 0.15) is 35.1 Å². The number of nitrogens with zero attached hydrogens (tertiary/aromatic N) is 2. The van der Waals surface area contributed by atoms with Crippen molar-refractivity contribution < 1.29 is 36.3 Å². The lowest BCUT2D eigenvalue weighted by Crippen LogP contribution is -2.25. The molecule has 0 bridgehead atoms. The van der Waals surface area contributed by atoms with Gasteiger partial charge in [0.2, 0.25) is 10.0 Å². The first-order valence-corrected chi connectivity index (χ1v) is 12.8. The Balaban J connectivity index is 1.90. The Morgan fingerprint density at radius 1 is 1.11 bits per heavy atom. The molecule has 0 spiro atoms. The first kappa shape index (κ1) is 26.2. The molecule has 1 amide bonds. The van der Waals surface area contributed by atoms with Crippen molar-refractivity contribution in [3.8, 4) is 23.1 Å². The lowest BCUT2D eigenvalue weighted by molar-refractivity contribution is 0.0640. The monoisotopic (exact) mass is 537 g/mol. The average molecular weight is 538 g/mol. The molecule has 10 nitrogen and oxygen atoms in total. The van der Waals surface area contributed by atoms with E-state index in [0.717, 1.165) is 22.7 Å². The molecule has 0 radical (unpaired) electrons. The summed E-state index contributed by atoms with van der Waals surface area (Å²) in [6.07, 6.45) is -0.344. The Bertz CT molecular complexity index is 1690. The van der Waals surface area contributed by atoms with Crippen molar-refractivity contribution >= 4 is 38.7 Å². The van der Waals surface area contributed by atoms with Crippen LogP contribution in [0.3, 0.4) is 0 Å². The number of benzene rings is 3. The molecule has 12 heteroatoms. The van der Waals surface area contributed by atoms with E-state index < -0.39 is 27.9 Å². The summed E-state index contributed by atoms with van der Waals surface area (Å²) in [5, 5.41) is 9.13. The minimum atomic E-state index is -3.75. The van der Waals surface area contributed by atoms with E-state index >= 15 is 0 Å². The normalized spacial score (nSPS) is 11.1. The Morgan fingerprint density at radius 3 is 2.34 bits per heavy atom. The average Bonchev–Trinajstić information content (AvgIpc) is 3.24. The summed E-state index contributed by atoms with van der Waals surface area (Å²) >= 11 is 0. The maximum Gasteiger partial charge on any atom is 0.412 e. The fourth-order valence-electron chi connectivity index (χ4n) is 3.64. The maximum absolute atomic E-state index is 13.5. The van der Waals surface area contributed by atoms with Gasteiger partial charge in [-0.2, -0.15) is 5.26 Å². The van der Waals surface area contributed by atoms with Crippen LogP contribution in [0.1, 0.15) is 21.5 Å². The second-order valence-electron chi connectivity index (χ2n) is 8.17. The number of hydrogen-bond acceptors (Lipinski definition) is 8. The number of ether oxygens (including phenoxy) is 2. The summed E-state index contributed by atoms with van der Waals surface area (Å²) in [6, 6.07) is 16.4. The van der Waals surface area contributed by atoms with Gasteiger partial charge in [0, 0.05) is 24.1 Å². The molecule has 1 aromatic heterocycles. The number of sulfonamides is 1. The van der Waals surface area contributed by atoms with Crippen LogP contribution in [0.15, 0.2) is 65.1 Å². The van der Waals surface area contributed by atoms with Crippen molar-refractivity contribution in [2.45, 2.75) is 6.61 Å². The quantitative estimate of drug-likeness (QED) is 0.270. The molecular formula is C26H20FN3O7S. The molecule has 3 aromatic carbocycles. The van der Waals surface area contributed by atoms with Crippen LogP contribution in [0.4, 0.5) is 14.9 Å². The van der Waals surface area contributed by atoms with E-state index in [0.29, 0.717) is 11.1 Å². The molecule has 1 heterocycles. The van der Waals surface area contributed by atoms with Crippen LogP contribution in [0.5, 0.6) is 5.75 Å². The zero-order valence-corrected chi connectivity index (χ0v) is 20.9. The summed E-state index contributed by atoms with van der Waals surface area (Å²) in [6.45, 7) is -0.00838. The van der Waals surface area contributed by atoms with Crippen molar-refractivity contribution in [2.24, 2.45) is 5.73 Å². The first-order valence-electron chi connectivity index (χ1n) is 10.9. The SMILES string of the molecule is CN(c1cc2oc(-c3ccc(F)cc3)c(C(=O)OC(N)=O)c2cc1OCc1ccc(C#N)cc1)S(C)(=O)=O. The van der Waals surface area contributed by atoms with Gasteiger partial charge in [-0.25, -0.2) is 22.4 Å². The lowest BCUT2D eigenvalue weighted by Gasteiger charge is -2.20. The highest BCUT2D eigenvalue weighted by molar-refractivity contribution is 7.92. The summed E-state index contributed by atoms with van der Waals surface area (Å²) in [5.74, 6) is -1.64. The van der Waals surface area contributed by atoms with Crippen LogP contribution in [-0.4, -0.2) is 33.8 Å². The third-order valence-corrected chi connectivity index (χ3v) is 6.78. The topological polar surface area (TPSA) is 153 Å². The molecule has 4 rings (SSSR count). The number of esters is 1. The van der Waals surface area contributed by atoms with Gasteiger partial charge in [-0.05, 0) is 48.0 Å². The minimum Gasteiger partial charge on any atom is -0.487 e. The number of rotatable bonds is 7. The molecule has 2 N–H and O–H groups in total. The molecular weight excluding hydrogens is 517 g/mol. The number of nitrogens with two attached hydrogens (primary N) is 1. The van der Waals surface area contributed by atoms with Crippen molar-refractivity contribution in [3.63, 3.8) is 0 Å². The number of furan rings is 1. The molecule has 0 unspecified atom stereocenters. The summed E-state index contributed by atoms with van der Waals surface area (Å²) in [7, 11) is -2.43. The zero-order valence-electron chi connectivity index (χ0n) is 20.1. The summed E-state index contributed by atoms with van der Waals surface area (Å²) < 4.78 is 55.7. The third kappa shape index (κ3) is 5.42. The van der Waals surface area contributed by atoms with Crippen LogP contribution >= 0.6 is 0 Å². The number of carbonyl (C=O) groups is 2. The largest absolute Gasteiger partial charge is 0.487 e. The lowest BCUT2D eigenvalue weighted by atomic mass is 10.0. The van der Waals surface area contributed by atoms with Gasteiger partial charge >= 0.3 is 12.1 Å². The smallest absolute Gasteiger partial charge is 0.412 e. The Morgan fingerprint density at radius 2 is 1.76 bits per heavy atom. The van der Waals surface area contributed by atoms with Gasteiger partial charge in [-0.15, -0.1) is 0 Å². The van der Waals surface area contributed by atoms with Crippen LogP contribution in [0.25, 0.3) is 22.3 Å². The number of primary amides is 1. The molecule has 0 saturated heterocycles. The number of nitriles is 1. The Hall–Kier alpha value is -4.89. The van der Waals surface area contributed by atoms with Gasteiger partial charge in [-0.1, -0.05) is 12.1 Å². The third-order valence-electron chi connectivity index (χ3n) is 5.59. The standard InChI is InChI=1S/C26H20FN3O7S/c1-30(38(2,33)34)20-12-21-19(11-22(20)35-14-16-5-3-15(13-28)4-6-16)23(25(31)37-26(29)32)24(36-21)17-7-9-18(27)10-8-17/h3-12H,14H2,1-2H3,(H2,29,32). The van der Waals surface area contributed by atoms with E-state index in [1.54, 1.807) is 24.3 Å². The number of fused-ring (bicyclic) bond motifs is 1. The van der Waals surface area contributed by atoms with Gasteiger partial charge in [-0.3, -0.25) is 4.31 Å². The molecule has 0 saturated carbocycles. The van der Waals surface area contributed by atoms with Gasteiger partial charge in [0.25, 0.3) is 0 Å². The predicted molar refractivity (Wildman–Crippen MR) is 135 cm³/mol. The van der Waals surface area contributed by atoms with Gasteiger partial charge < -0.3 is 19.6 Å². The van der Waals surface area contributed by atoms with Crippen molar-refractivity contribution in [3.05, 3.63) is 83.2 Å². The van der Waals surface area contributed by atoms with Crippen LogP contribution < -0.4 is 14.8 Å². The highest BCUT2D eigenvalue weighted by Crippen LogP contribution is 2.41. The molecule has 0 aliphatic carbocycles. The molecule has 0 atom stereocenters. The number of carbonyl (C=O) groups excluding carboxylic acids is 2. The van der Waals surface area contributed by atoms with Crippen LogP contribution in [-0.2, 0) is 21.4 Å². The fraction of sp³-hybridized carbons (Fsp3) is 0.115. The molecule has 0 aliphatic heterocycles. The second kappa shape index (κ2) is 10.2. The Kier molecular flexibility index (Phi) is 7.05. The van der Waals surface area contributed by atoms with Crippen LogP contribution in [0, 0.1) is 17.1 Å². The number of amides is 1. The number of halogens is 1. The molecule has 38 heavy (non-hydrogen) atoms. The number of anilines is 1. The number of hydrogen-bond donors (Lipinski definition) is 1. The molecule has 0 fully saturated rings. The van der Waals surface area contributed by atoms with E-state index in [1.807, 2.05) is 6.07 Å². The summed E-state index contributed by atoms with van der Waals surface area (Å²) in [5.41, 5.74) is 6.45. The first-order chi connectivity index (χ1) is 18.0. The van der Waals surface area contributed by atoms with E-state index in [9.17, 15) is 22.4 Å². The van der Waals surface area contributed by atoms with E-state index in [4.69, 9.17) is 20.1 Å². The fourth-order valence-corrected chi connectivity index (χ4v) is 4.14. The van der Waals surface area contributed by atoms with Crippen LogP contribution in [0.2, 0.25) is 0 Å². The van der Waals surface area contributed by atoms with E-state index in [1.165, 1.54) is 31.3 Å². The Labute approximate surface area is 216 Å². The van der Waals surface area contributed by atoms with Crippen molar-refractivity contribution in [1.82, 2.24) is 0 Å². The predicted octanol–water partition coefficient (Wildman–Crippen LogP) is 4.32. The van der Waals surface area contributed by atoms with E-state index in [-0.39, 0.29) is 45.9 Å². The summed E-state index contributed by atoms with van der Waals surface area (Å²) in [4.78, 5) is 24.2. The van der Waals surface area contributed by atoms with Gasteiger partial charge in [0.05, 0.1) is 23.6 Å². The van der Waals surface area contributed by atoms with Crippen molar-refractivity contribution in [2.75, 3.05) is 17.6 Å².